The third kappa shape index (κ3) is 6.36. The maximum atomic E-state index is 11.5. The molecule has 146 valence electrons. The lowest BCUT2D eigenvalue weighted by Crippen LogP contribution is -2.62. The van der Waals surface area contributed by atoms with E-state index in [1.165, 1.54) is 6.92 Å². The van der Waals surface area contributed by atoms with Crippen molar-refractivity contribution in [2.24, 2.45) is 0 Å². The van der Waals surface area contributed by atoms with Crippen LogP contribution in [0.4, 0.5) is 0 Å². The highest BCUT2D eigenvalue weighted by atomic mass is 16.7. The van der Waals surface area contributed by atoms with E-state index in [0.717, 1.165) is 27.0 Å². The lowest BCUT2D eigenvalue weighted by Gasteiger charge is -2.43. The van der Waals surface area contributed by atoms with Crippen LogP contribution in [0.5, 0.6) is 0 Å². The Morgan fingerprint density at radius 1 is 0.846 bits per heavy atom. The number of esters is 4. The minimum absolute atomic E-state index is 0.311. The predicted molar refractivity (Wildman–Crippen MR) is 83.2 cm³/mol. The van der Waals surface area contributed by atoms with Crippen molar-refractivity contribution in [2.45, 2.75) is 58.4 Å². The van der Waals surface area contributed by atoms with Crippen molar-refractivity contribution in [1.82, 2.24) is 0 Å². The third-order valence-corrected chi connectivity index (χ3v) is 3.18. The third-order valence-electron chi connectivity index (χ3n) is 3.18. The highest BCUT2D eigenvalue weighted by Gasteiger charge is 2.53. The summed E-state index contributed by atoms with van der Waals surface area (Å²) in [4.78, 5) is 45.5. The van der Waals surface area contributed by atoms with E-state index in [1.54, 1.807) is 0 Å². The second-order valence-corrected chi connectivity index (χ2v) is 5.37. The van der Waals surface area contributed by atoms with Crippen molar-refractivity contribution < 1.29 is 47.6 Å². The minimum Gasteiger partial charge on any atom is -0.469 e. The van der Waals surface area contributed by atoms with Gasteiger partial charge in [-0.2, -0.15) is 0 Å². The summed E-state index contributed by atoms with van der Waals surface area (Å²) in [6.07, 6.45) is -4.92. The van der Waals surface area contributed by atoms with Gasteiger partial charge < -0.3 is 28.4 Å². The van der Waals surface area contributed by atoms with Crippen molar-refractivity contribution in [1.29, 1.82) is 0 Å². The Morgan fingerprint density at radius 3 is 1.81 bits per heavy atom. The molecule has 0 N–H and O–H groups in total. The van der Waals surface area contributed by atoms with Crippen LogP contribution in [-0.2, 0) is 47.6 Å². The quantitative estimate of drug-likeness (QED) is 0.347. The highest BCUT2D eigenvalue weighted by Crippen LogP contribution is 2.29. The number of carbonyl (C=O) groups excluding carboxylic acids is 4. The Hall–Kier alpha value is -2.62. The largest absolute Gasteiger partial charge is 0.469 e. The van der Waals surface area contributed by atoms with Gasteiger partial charge in [0, 0.05) is 27.7 Å². The summed E-state index contributed by atoms with van der Waals surface area (Å²) in [5, 5.41) is 0. The van der Waals surface area contributed by atoms with Crippen molar-refractivity contribution >= 4 is 23.9 Å². The van der Waals surface area contributed by atoms with Gasteiger partial charge in [0.25, 0.3) is 0 Å². The molecule has 1 aliphatic rings. The normalized spacial score (nSPS) is 27.6. The van der Waals surface area contributed by atoms with Crippen LogP contribution in [0.1, 0.15) is 27.7 Å². The van der Waals surface area contributed by atoms with E-state index in [0.29, 0.717) is 0 Å². The molecule has 5 atom stereocenters. The molecule has 0 aromatic carbocycles. The molecule has 0 amide bonds. The summed E-state index contributed by atoms with van der Waals surface area (Å²) in [5.74, 6) is -2.71. The molecular weight excluding hydrogens is 352 g/mol. The maximum absolute atomic E-state index is 11.5. The highest BCUT2D eigenvalue weighted by molar-refractivity contribution is 5.68. The van der Waals surface area contributed by atoms with Crippen LogP contribution in [0.25, 0.3) is 0 Å². The van der Waals surface area contributed by atoms with Gasteiger partial charge in [-0.15, -0.1) is 0 Å². The van der Waals surface area contributed by atoms with Gasteiger partial charge in [0.1, 0.15) is 12.7 Å². The molecule has 1 heterocycles. The standard InChI is InChI=1S/C16H22O10/c1-6-21-16-15(25-11(5)20)14(24-10(4)19)13(23-9(3)18)12(26-16)7-22-8(2)17/h6,12-16H,1,7H2,2-5H3/t12-,13-,14+,15-,16?/m1/s1. The molecule has 0 saturated carbocycles. The first-order chi connectivity index (χ1) is 12.1. The van der Waals surface area contributed by atoms with Gasteiger partial charge in [-0.05, 0) is 0 Å². The molecule has 0 aromatic rings. The summed E-state index contributed by atoms with van der Waals surface area (Å²) in [6.45, 7) is 7.69. The van der Waals surface area contributed by atoms with Crippen LogP contribution < -0.4 is 0 Å². The number of hydrogen-bond donors (Lipinski definition) is 0. The van der Waals surface area contributed by atoms with Gasteiger partial charge in [0.15, 0.2) is 12.2 Å². The topological polar surface area (TPSA) is 124 Å². The molecule has 10 heteroatoms. The zero-order valence-corrected chi connectivity index (χ0v) is 15.0. The van der Waals surface area contributed by atoms with Gasteiger partial charge in [-0.25, -0.2) is 0 Å². The van der Waals surface area contributed by atoms with E-state index in [2.05, 4.69) is 6.58 Å². The van der Waals surface area contributed by atoms with Crippen molar-refractivity contribution in [3.8, 4) is 0 Å². The average molecular weight is 374 g/mol. The van der Waals surface area contributed by atoms with Crippen molar-refractivity contribution in [3.05, 3.63) is 12.8 Å². The van der Waals surface area contributed by atoms with Gasteiger partial charge >= 0.3 is 23.9 Å². The van der Waals surface area contributed by atoms with Crippen LogP contribution in [-0.4, -0.2) is 61.2 Å². The number of ether oxygens (including phenoxy) is 6. The fourth-order valence-corrected chi connectivity index (χ4v) is 2.39. The fraction of sp³-hybridized carbons (Fsp3) is 0.625. The number of carbonyl (C=O) groups is 4. The molecule has 0 radical (unpaired) electrons. The zero-order valence-electron chi connectivity index (χ0n) is 15.0. The number of rotatable bonds is 7. The molecule has 1 aliphatic heterocycles. The SMILES string of the molecule is C=COC1O[C@H](COC(C)=O)[C@@H](OC(C)=O)[C@H](OC(C)=O)[C@H]1OC(C)=O. The second-order valence-electron chi connectivity index (χ2n) is 5.37. The van der Waals surface area contributed by atoms with E-state index >= 15 is 0 Å². The molecule has 1 fully saturated rings. The Balaban J connectivity index is 3.24. The first-order valence-electron chi connectivity index (χ1n) is 7.72. The zero-order chi connectivity index (χ0) is 19.9. The molecule has 1 saturated heterocycles. The van der Waals surface area contributed by atoms with Crippen LogP contribution >= 0.6 is 0 Å². The molecular formula is C16H22O10. The van der Waals surface area contributed by atoms with Gasteiger partial charge in [0.2, 0.25) is 12.4 Å². The Morgan fingerprint density at radius 2 is 1.35 bits per heavy atom. The van der Waals surface area contributed by atoms with Crippen LogP contribution in [0.2, 0.25) is 0 Å². The summed E-state index contributed by atoms with van der Waals surface area (Å²) >= 11 is 0. The smallest absolute Gasteiger partial charge is 0.303 e. The molecule has 10 nitrogen and oxygen atoms in total. The Labute approximate surface area is 150 Å². The monoisotopic (exact) mass is 374 g/mol. The van der Waals surface area contributed by atoms with E-state index in [-0.39, 0.29) is 6.61 Å². The Kier molecular flexibility index (Phi) is 8.04. The molecule has 0 bridgehead atoms. The van der Waals surface area contributed by atoms with Crippen molar-refractivity contribution in [3.63, 3.8) is 0 Å². The van der Waals surface area contributed by atoms with Crippen molar-refractivity contribution in [2.75, 3.05) is 6.61 Å². The summed E-state index contributed by atoms with van der Waals surface area (Å²) in [5.41, 5.74) is 0. The van der Waals surface area contributed by atoms with Crippen LogP contribution in [0, 0.1) is 0 Å². The molecule has 0 spiro atoms. The lowest BCUT2D eigenvalue weighted by atomic mass is 9.98. The average Bonchev–Trinajstić information content (AvgIpc) is 2.50. The molecule has 0 aliphatic carbocycles. The minimum atomic E-state index is -1.25. The summed E-state index contributed by atoms with van der Waals surface area (Å²) in [6, 6.07) is 0. The predicted octanol–water partition coefficient (Wildman–Crippen LogP) is 0.230. The van der Waals surface area contributed by atoms with Gasteiger partial charge in [-0.1, -0.05) is 6.58 Å². The number of hydrogen-bond acceptors (Lipinski definition) is 10. The summed E-state index contributed by atoms with van der Waals surface area (Å²) < 4.78 is 31.2. The molecule has 1 unspecified atom stereocenters. The molecule has 1 rings (SSSR count). The second kappa shape index (κ2) is 9.76. The molecule has 26 heavy (non-hydrogen) atoms. The fourth-order valence-electron chi connectivity index (χ4n) is 2.39. The van der Waals surface area contributed by atoms with Gasteiger partial charge in [-0.3, -0.25) is 19.2 Å². The van der Waals surface area contributed by atoms with Crippen LogP contribution in [0.15, 0.2) is 12.8 Å². The summed E-state index contributed by atoms with van der Waals surface area (Å²) in [7, 11) is 0. The van der Waals surface area contributed by atoms with E-state index in [1.807, 2.05) is 0 Å². The van der Waals surface area contributed by atoms with E-state index in [9.17, 15) is 19.2 Å². The van der Waals surface area contributed by atoms with E-state index in [4.69, 9.17) is 28.4 Å². The lowest BCUT2D eigenvalue weighted by molar-refractivity contribution is -0.297. The molecule has 0 aromatic heterocycles. The maximum Gasteiger partial charge on any atom is 0.303 e. The van der Waals surface area contributed by atoms with Crippen LogP contribution in [0.3, 0.4) is 0 Å². The first kappa shape index (κ1) is 21.4. The first-order valence-corrected chi connectivity index (χ1v) is 7.72. The van der Waals surface area contributed by atoms with E-state index < -0.39 is 54.6 Å². The Bertz CT molecular complexity index is 557. The van der Waals surface area contributed by atoms with Gasteiger partial charge in [0.05, 0.1) is 6.26 Å².